The monoisotopic (exact) mass is 234 g/mol. The summed E-state index contributed by atoms with van der Waals surface area (Å²) in [6.07, 6.45) is -0.0490. The third-order valence-corrected chi connectivity index (χ3v) is 2.80. The van der Waals surface area contributed by atoms with Crippen LogP contribution < -0.4 is 10.2 Å². The van der Waals surface area contributed by atoms with Gasteiger partial charge < -0.3 is 10.4 Å². The van der Waals surface area contributed by atoms with Crippen molar-refractivity contribution in [3.8, 4) is 0 Å². The minimum Gasteiger partial charge on any atom is -0.481 e. The Kier molecular flexibility index (Phi) is 2.99. The lowest BCUT2D eigenvalue weighted by molar-refractivity contribution is -0.137. The lowest BCUT2D eigenvalue weighted by atomic mass is 10.1. The van der Waals surface area contributed by atoms with Gasteiger partial charge in [-0.15, -0.1) is 0 Å². The number of carbonyl (C=O) groups excluding carboxylic acids is 1. The van der Waals surface area contributed by atoms with E-state index in [2.05, 4.69) is 5.32 Å². The van der Waals surface area contributed by atoms with Gasteiger partial charge in [-0.3, -0.25) is 9.69 Å². The summed E-state index contributed by atoms with van der Waals surface area (Å²) in [5, 5.41) is 11.5. The molecule has 17 heavy (non-hydrogen) atoms. The van der Waals surface area contributed by atoms with Gasteiger partial charge in [0.25, 0.3) is 0 Å². The number of anilines is 1. The molecule has 1 heterocycles. The Balaban J connectivity index is 2.24. The third kappa shape index (κ3) is 2.38. The number of benzene rings is 1. The summed E-state index contributed by atoms with van der Waals surface area (Å²) in [6.45, 7) is 2.33. The molecule has 90 valence electrons. The Labute approximate surface area is 99.0 Å². The van der Waals surface area contributed by atoms with Gasteiger partial charge in [0.05, 0.1) is 12.5 Å². The molecule has 2 rings (SSSR count). The highest BCUT2D eigenvalue weighted by molar-refractivity contribution is 5.95. The van der Waals surface area contributed by atoms with Gasteiger partial charge in [0.2, 0.25) is 0 Å². The van der Waals surface area contributed by atoms with Crippen LogP contribution in [0, 0.1) is 6.92 Å². The Morgan fingerprint density at radius 2 is 2.12 bits per heavy atom. The van der Waals surface area contributed by atoms with Gasteiger partial charge >= 0.3 is 12.0 Å². The SMILES string of the molecule is Cc1ccc(N2C(=O)NCC2CC(=O)O)cc1. The van der Waals surface area contributed by atoms with E-state index in [9.17, 15) is 9.59 Å². The molecule has 2 amide bonds. The highest BCUT2D eigenvalue weighted by Gasteiger charge is 2.33. The first kappa shape index (κ1) is 11.4. The van der Waals surface area contributed by atoms with Crippen molar-refractivity contribution in [3.63, 3.8) is 0 Å². The van der Waals surface area contributed by atoms with E-state index in [1.807, 2.05) is 31.2 Å². The first-order valence-corrected chi connectivity index (χ1v) is 5.43. The quantitative estimate of drug-likeness (QED) is 0.829. The summed E-state index contributed by atoms with van der Waals surface area (Å²) in [5.74, 6) is -0.899. The molecule has 0 aromatic heterocycles. The van der Waals surface area contributed by atoms with Crippen molar-refractivity contribution in [2.45, 2.75) is 19.4 Å². The van der Waals surface area contributed by atoms with Gasteiger partial charge in [0.1, 0.15) is 0 Å². The number of carboxylic acid groups (broad SMARTS) is 1. The Morgan fingerprint density at radius 1 is 1.47 bits per heavy atom. The van der Waals surface area contributed by atoms with Gasteiger partial charge in [-0.2, -0.15) is 0 Å². The Morgan fingerprint density at radius 3 is 2.71 bits per heavy atom. The summed E-state index contributed by atoms with van der Waals surface area (Å²) in [7, 11) is 0. The van der Waals surface area contributed by atoms with Crippen LogP contribution in [0.1, 0.15) is 12.0 Å². The molecule has 5 heteroatoms. The first-order valence-electron chi connectivity index (χ1n) is 5.43. The van der Waals surface area contributed by atoms with E-state index >= 15 is 0 Å². The topological polar surface area (TPSA) is 69.6 Å². The van der Waals surface area contributed by atoms with Crippen molar-refractivity contribution >= 4 is 17.7 Å². The second kappa shape index (κ2) is 4.45. The molecule has 1 aromatic rings. The normalized spacial score (nSPS) is 19.2. The number of aryl methyl sites for hydroxylation is 1. The van der Waals surface area contributed by atoms with Gasteiger partial charge in [-0.25, -0.2) is 4.79 Å². The van der Waals surface area contributed by atoms with Crippen molar-refractivity contribution < 1.29 is 14.7 Å². The molecule has 1 saturated heterocycles. The van der Waals surface area contributed by atoms with Gasteiger partial charge in [-0.1, -0.05) is 17.7 Å². The lowest BCUT2D eigenvalue weighted by Gasteiger charge is -2.21. The highest BCUT2D eigenvalue weighted by atomic mass is 16.4. The van der Waals surface area contributed by atoms with Gasteiger partial charge in [0, 0.05) is 12.2 Å². The summed E-state index contributed by atoms with van der Waals surface area (Å²) < 4.78 is 0. The maximum absolute atomic E-state index is 11.7. The number of urea groups is 1. The number of amides is 2. The predicted octanol–water partition coefficient (Wildman–Crippen LogP) is 1.37. The summed E-state index contributed by atoms with van der Waals surface area (Å²) in [4.78, 5) is 23.9. The highest BCUT2D eigenvalue weighted by Crippen LogP contribution is 2.22. The van der Waals surface area contributed by atoms with Crippen LogP contribution in [0.4, 0.5) is 10.5 Å². The predicted molar refractivity (Wildman–Crippen MR) is 63.1 cm³/mol. The third-order valence-electron chi connectivity index (χ3n) is 2.80. The molecule has 0 spiro atoms. The van der Waals surface area contributed by atoms with Crippen LogP contribution in [0.5, 0.6) is 0 Å². The molecule has 1 unspecified atom stereocenters. The average molecular weight is 234 g/mol. The molecule has 1 aliphatic heterocycles. The number of hydrogen-bond acceptors (Lipinski definition) is 2. The standard InChI is InChI=1S/C12H14N2O3/c1-8-2-4-9(5-3-8)14-10(6-11(15)16)7-13-12(14)17/h2-5,10H,6-7H2,1H3,(H,13,17)(H,15,16). The van der Waals surface area contributed by atoms with Crippen molar-refractivity contribution in [2.24, 2.45) is 0 Å². The fourth-order valence-corrected chi connectivity index (χ4v) is 1.95. The summed E-state index contributed by atoms with van der Waals surface area (Å²) >= 11 is 0. The Bertz CT molecular complexity index is 442. The average Bonchev–Trinajstić information content (AvgIpc) is 2.61. The van der Waals surface area contributed by atoms with Crippen molar-refractivity contribution in [2.75, 3.05) is 11.4 Å². The number of rotatable bonds is 3. The summed E-state index contributed by atoms with van der Waals surface area (Å²) in [5.41, 5.74) is 1.83. The van der Waals surface area contributed by atoms with E-state index in [-0.39, 0.29) is 18.5 Å². The molecule has 1 atom stereocenters. The molecule has 0 radical (unpaired) electrons. The first-order chi connectivity index (χ1) is 8.08. The zero-order chi connectivity index (χ0) is 12.4. The molecule has 0 aliphatic carbocycles. The smallest absolute Gasteiger partial charge is 0.322 e. The van der Waals surface area contributed by atoms with Crippen molar-refractivity contribution in [3.05, 3.63) is 29.8 Å². The number of nitrogens with one attached hydrogen (secondary N) is 1. The minimum atomic E-state index is -0.899. The molecule has 1 aliphatic rings. The number of hydrogen-bond donors (Lipinski definition) is 2. The van der Waals surface area contributed by atoms with Crippen LogP contribution in [0.25, 0.3) is 0 Å². The van der Waals surface area contributed by atoms with E-state index < -0.39 is 5.97 Å². The van der Waals surface area contributed by atoms with Gasteiger partial charge in [-0.05, 0) is 19.1 Å². The van der Waals surface area contributed by atoms with E-state index in [1.165, 1.54) is 4.90 Å². The molecule has 1 fully saturated rings. The number of nitrogens with zero attached hydrogens (tertiary/aromatic N) is 1. The van der Waals surface area contributed by atoms with Crippen LogP contribution in [0.15, 0.2) is 24.3 Å². The summed E-state index contributed by atoms with van der Waals surface area (Å²) in [6, 6.07) is 6.91. The van der Waals surface area contributed by atoms with Crippen LogP contribution in [0.3, 0.4) is 0 Å². The molecule has 5 nitrogen and oxygen atoms in total. The second-order valence-corrected chi connectivity index (χ2v) is 4.14. The van der Waals surface area contributed by atoms with Crippen LogP contribution in [-0.2, 0) is 4.79 Å². The zero-order valence-electron chi connectivity index (χ0n) is 9.51. The van der Waals surface area contributed by atoms with Crippen LogP contribution in [-0.4, -0.2) is 29.7 Å². The minimum absolute atomic E-state index is 0.0490. The molecular formula is C12H14N2O3. The van der Waals surface area contributed by atoms with E-state index in [1.54, 1.807) is 0 Å². The second-order valence-electron chi connectivity index (χ2n) is 4.14. The molecule has 1 aromatic carbocycles. The number of carbonyl (C=O) groups is 2. The fourth-order valence-electron chi connectivity index (χ4n) is 1.95. The number of carboxylic acids is 1. The molecular weight excluding hydrogens is 220 g/mol. The van der Waals surface area contributed by atoms with Crippen LogP contribution in [0.2, 0.25) is 0 Å². The van der Waals surface area contributed by atoms with E-state index in [0.29, 0.717) is 6.54 Å². The van der Waals surface area contributed by atoms with Crippen LogP contribution >= 0.6 is 0 Å². The van der Waals surface area contributed by atoms with E-state index in [4.69, 9.17) is 5.11 Å². The maximum Gasteiger partial charge on any atom is 0.322 e. The fraction of sp³-hybridized carbons (Fsp3) is 0.333. The number of aliphatic carboxylic acids is 1. The molecule has 0 bridgehead atoms. The van der Waals surface area contributed by atoms with Crippen molar-refractivity contribution in [1.82, 2.24) is 5.32 Å². The molecule has 0 saturated carbocycles. The van der Waals surface area contributed by atoms with E-state index in [0.717, 1.165) is 11.3 Å². The largest absolute Gasteiger partial charge is 0.481 e. The zero-order valence-corrected chi connectivity index (χ0v) is 9.51. The molecule has 2 N–H and O–H groups in total. The lowest BCUT2D eigenvalue weighted by Crippen LogP contribution is -2.35. The maximum atomic E-state index is 11.7. The van der Waals surface area contributed by atoms with Crippen molar-refractivity contribution in [1.29, 1.82) is 0 Å². The Hall–Kier alpha value is -2.04. The van der Waals surface area contributed by atoms with Gasteiger partial charge in [0.15, 0.2) is 0 Å².